The second-order valence-corrected chi connectivity index (χ2v) is 8.63. The van der Waals surface area contributed by atoms with E-state index in [4.69, 9.17) is 16.3 Å². The van der Waals surface area contributed by atoms with Crippen LogP contribution in [-0.4, -0.2) is 54.4 Å². The first-order chi connectivity index (χ1) is 15.0. The molecule has 1 unspecified atom stereocenters. The van der Waals surface area contributed by atoms with Crippen molar-refractivity contribution in [2.45, 2.75) is 25.7 Å². The van der Waals surface area contributed by atoms with Gasteiger partial charge in [0.2, 0.25) is 0 Å². The number of nitrogens with zero attached hydrogens (tertiary/aromatic N) is 2. The number of halogens is 2. The Bertz CT molecular complexity index is 944. The molecule has 0 aromatic heterocycles. The molecule has 2 heterocycles. The van der Waals surface area contributed by atoms with Crippen LogP contribution in [0.25, 0.3) is 0 Å². The normalized spacial score (nSPS) is 18.8. The molecular formula is C24H26ClFN2O3. The number of carbonyl (C=O) groups excluding carboxylic acids is 2. The molecule has 2 aromatic carbocycles. The second kappa shape index (κ2) is 9.69. The average molecular weight is 445 g/mol. The molecule has 0 radical (unpaired) electrons. The highest BCUT2D eigenvalue weighted by atomic mass is 35.5. The summed E-state index contributed by atoms with van der Waals surface area (Å²) < 4.78 is 19.3. The standard InChI is InChI=1S/C24H26ClFN2O3/c25-21-14-19(7-10-22(21)26)24(30)28-13-3-4-17(15-28)16-31-20-8-5-18(6-9-20)23(29)27-11-1-2-12-27/h5-10,14,17H,1-4,11-13,15-16H2. The Morgan fingerprint density at radius 3 is 2.29 bits per heavy atom. The van der Waals surface area contributed by atoms with Gasteiger partial charge >= 0.3 is 0 Å². The van der Waals surface area contributed by atoms with Crippen LogP contribution in [0, 0.1) is 11.7 Å². The number of hydrogen-bond donors (Lipinski definition) is 0. The Morgan fingerprint density at radius 2 is 1.58 bits per heavy atom. The number of ether oxygens (including phenoxy) is 1. The maximum Gasteiger partial charge on any atom is 0.253 e. The van der Waals surface area contributed by atoms with Gasteiger partial charge in [-0.15, -0.1) is 0 Å². The van der Waals surface area contributed by atoms with Crippen LogP contribution >= 0.6 is 11.6 Å². The van der Waals surface area contributed by atoms with Crippen LogP contribution in [0.3, 0.4) is 0 Å². The molecule has 7 heteroatoms. The van der Waals surface area contributed by atoms with Crippen molar-refractivity contribution in [3.8, 4) is 5.75 Å². The first-order valence-electron chi connectivity index (χ1n) is 10.8. The van der Waals surface area contributed by atoms with Crippen LogP contribution in [0.4, 0.5) is 4.39 Å². The molecule has 31 heavy (non-hydrogen) atoms. The third kappa shape index (κ3) is 5.18. The molecule has 5 nitrogen and oxygen atoms in total. The molecule has 0 aliphatic carbocycles. The molecule has 0 N–H and O–H groups in total. The zero-order chi connectivity index (χ0) is 21.8. The largest absolute Gasteiger partial charge is 0.493 e. The van der Waals surface area contributed by atoms with Gasteiger partial charge in [0.15, 0.2) is 0 Å². The van der Waals surface area contributed by atoms with Gasteiger partial charge in [-0.25, -0.2) is 4.39 Å². The third-order valence-corrected chi connectivity index (χ3v) is 6.24. The molecule has 2 fully saturated rings. The molecule has 4 rings (SSSR count). The minimum absolute atomic E-state index is 0.0468. The van der Waals surface area contributed by atoms with Gasteiger partial charge in [0.05, 0.1) is 11.6 Å². The third-order valence-electron chi connectivity index (χ3n) is 5.95. The molecule has 0 bridgehead atoms. The van der Waals surface area contributed by atoms with Crippen LogP contribution in [-0.2, 0) is 0 Å². The van der Waals surface area contributed by atoms with Crippen LogP contribution in [0.2, 0.25) is 5.02 Å². The van der Waals surface area contributed by atoms with Crippen molar-refractivity contribution in [1.29, 1.82) is 0 Å². The molecule has 164 valence electrons. The summed E-state index contributed by atoms with van der Waals surface area (Å²) in [6.07, 6.45) is 4.00. The lowest BCUT2D eigenvalue weighted by atomic mass is 9.98. The number of carbonyl (C=O) groups is 2. The quantitative estimate of drug-likeness (QED) is 0.674. The highest BCUT2D eigenvalue weighted by molar-refractivity contribution is 6.31. The maximum absolute atomic E-state index is 13.4. The van der Waals surface area contributed by atoms with E-state index in [2.05, 4.69) is 0 Å². The lowest BCUT2D eigenvalue weighted by Crippen LogP contribution is -2.41. The fraction of sp³-hybridized carbons (Fsp3) is 0.417. The van der Waals surface area contributed by atoms with Gasteiger partial charge in [0.1, 0.15) is 11.6 Å². The van der Waals surface area contributed by atoms with Gasteiger partial charge in [-0.3, -0.25) is 9.59 Å². The van der Waals surface area contributed by atoms with Crippen molar-refractivity contribution >= 4 is 23.4 Å². The van der Waals surface area contributed by atoms with Crippen molar-refractivity contribution < 1.29 is 18.7 Å². The molecule has 2 aliphatic heterocycles. The number of piperidine rings is 1. The Hall–Kier alpha value is -2.60. The van der Waals surface area contributed by atoms with Gasteiger partial charge in [-0.1, -0.05) is 11.6 Å². The summed E-state index contributed by atoms with van der Waals surface area (Å²) in [5, 5.41) is -0.0468. The summed E-state index contributed by atoms with van der Waals surface area (Å²) in [7, 11) is 0. The first kappa shape index (κ1) is 21.6. The maximum atomic E-state index is 13.4. The highest BCUT2D eigenvalue weighted by Crippen LogP contribution is 2.23. The van der Waals surface area contributed by atoms with Crippen molar-refractivity contribution in [2.24, 2.45) is 5.92 Å². The molecule has 0 saturated carbocycles. The summed E-state index contributed by atoms with van der Waals surface area (Å²) in [5.41, 5.74) is 1.08. The van der Waals surface area contributed by atoms with E-state index in [1.54, 1.807) is 4.90 Å². The van der Waals surface area contributed by atoms with Crippen LogP contribution in [0.1, 0.15) is 46.4 Å². The van der Waals surface area contributed by atoms with E-state index in [1.807, 2.05) is 29.2 Å². The fourth-order valence-electron chi connectivity index (χ4n) is 4.21. The fourth-order valence-corrected chi connectivity index (χ4v) is 4.39. The van der Waals surface area contributed by atoms with Gasteiger partial charge in [0, 0.05) is 43.2 Å². The van der Waals surface area contributed by atoms with Crippen LogP contribution < -0.4 is 4.74 Å². The van der Waals surface area contributed by atoms with Gasteiger partial charge < -0.3 is 14.5 Å². The number of rotatable bonds is 5. The first-order valence-corrected chi connectivity index (χ1v) is 11.2. The number of likely N-dealkylation sites (tertiary alicyclic amines) is 2. The number of amides is 2. The predicted molar refractivity (Wildman–Crippen MR) is 117 cm³/mol. The van der Waals surface area contributed by atoms with Crippen molar-refractivity contribution in [2.75, 3.05) is 32.8 Å². The lowest BCUT2D eigenvalue weighted by Gasteiger charge is -2.32. The molecular weight excluding hydrogens is 419 g/mol. The van der Waals surface area contributed by atoms with Crippen molar-refractivity contribution in [3.05, 3.63) is 64.4 Å². The van der Waals surface area contributed by atoms with E-state index >= 15 is 0 Å². The van der Waals surface area contributed by atoms with E-state index in [0.717, 1.165) is 38.8 Å². The Labute approximate surface area is 186 Å². The van der Waals surface area contributed by atoms with Gasteiger partial charge in [-0.2, -0.15) is 0 Å². The zero-order valence-corrected chi connectivity index (χ0v) is 18.1. The number of benzene rings is 2. The highest BCUT2D eigenvalue weighted by Gasteiger charge is 2.25. The smallest absolute Gasteiger partial charge is 0.253 e. The van der Waals surface area contributed by atoms with Gasteiger partial charge in [-0.05, 0) is 68.1 Å². The summed E-state index contributed by atoms with van der Waals surface area (Å²) in [5.74, 6) is 0.324. The van der Waals surface area contributed by atoms with E-state index < -0.39 is 5.82 Å². The second-order valence-electron chi connectivity index (χ2n) is 8.22. The number of hydrogen-bond acceptors (Lipinski definition) is 3. The minimum Gasteiger partial charge on any atom is -0.493 e. The zero-order valence-electron chi connectivity index (χ0n) is 17.4. The van der Waals surface area contributed by atoms with E-state index in [1.165, 1.54) is 18.2 Å². The van der Waals surface area contributed by atoms with Crippen LogP contribution in [0.5, 0.6) is 5.75 Å². The molecule has 2 aliphatic rings. The van der Waals surface area contributed by atoms with E-state index in [-0.39, 0.29) is 22.8 Å². The Kier molecular flexibility index (Phi) is 6.76. The Morgan fingerprint density at radius 1 is 0.935 bits per heavy atom. The van der Waals surface area contributed by atoms with E-state index in [0.29, 0.717) is 36.6 Å². The summed E-state index contributed by atoms with van der Waals surface area (Å²) in [4.78, 5) is 28.9. The SMILES string of the molecule is O=C(c1ccc(OCC2CCCN(C(=O)c3ccc(F)c(Cl)c3)C2)cc1)N1CCCC1. The monoisotopic (exact) mass is 444 g/mol. The average Bonchev–Trinajstić information content (AvgIpc) is 3.34. The topological polar surface area (TPSA) is 49.9 Å². The summed E-state index contributed by atoms with van der Waals surface area (Å²) in [6, 6.07) is 11.3. The molecule has 1 atom stereocenters. The van der Waals surface area contributed by atoms with Gasteiger partial charge in [0.25, 0.3) is 11.8 Å². The Balaban J connectivity index is 1.31. The summed E-state index contributed by atoms with van der Waals surface area (Å²) >= 11 is 5.82. The molecule has 2 amide bonds. The van der Waals surface area contributed by atoms with Crippen molar-refractivity contribution in [1.82, 2.24) is 9.80 Å². The summed E-state index contributed by atoms with van der Waals surface area (Å²) in [6.45, 7) is 3.40. The lowest BCUT2D eigenvalue weighted by molar-refractivity contribution is 0.0633. The predicted octanol–water partition coefficient (Wildman–Crippen LogP) is 4.65. The van der Waals surface area contributed by atoms with Crippen molar-refractivity contribution in [3.63, 3.8) is 0 Å². The minimum atomic E-state index is -0.531. The molecule has 0 spiro atoms. The van der Waals surface area contributed by atoms with Crippen LogP contribution in [0.15, 0.2) is 42.5 Å². The van der Waals surface area contributed by atoms with E-state index in [9.17, 15) is 14.0 Å². The molecule has 2 aromatic rings. The molecule has 2 saturated heterocycles.